The van der Waals surface area contributed by atoms with Crippen LogP contribution in [0.4, 0.5) is 0 Å². The van der Waals surface area contributed by atoms with Crippen molar-refractivity contribution in [1.29, 1.82) is 0 Å². The van der Waals surface area contributed by atoms with Gasteiger partial charge < -0.3 is 28.4 Å². The van der Waals surface area contributed by atoms with Crippen LogP contribution in [0.15, 0.2) is 24.3 Å². The molecular weight excluding hydrogens is 364 g/mol. The van der Waals surface area contributed by atoms with Crippen LogP contribution in [0, 0.1) is 0 Å². The first kappa shape index (κ1) is 20.8. The van der Waals surface area contributed by atoms with Crippen molar-refractivity contribution in [2.45, 2.75) is 13.1 Å². The minimum atomic E-state index is -2.15. The molecule has 7 heteroatoms. The summed E-state index contributed by atoms with van der Waals surface area (Å²) in [6.45, 7) is 4.49. The van der Waals surface area contributed by atoms with Crippen molar-refractivity contribution in [3.05, 3.63) is 24.3 Å². The molecule has 2 rings (SSSR count). The molecule has 0 radical (unpaired) electrons. The Morgan fingerprint density at radius 1 is 0.481 bits per heavy atom. The van der Waals surface area contributed by atoms with Gasteiger partial charge in [-0.1, -0.05) is 13.1 Å². The fourth-order valence-corrected chi connectivity index (χ4v) is 5.35. The van der Waals surface area contributed by atoms with Crippen LogP contribution in [0.25, 0.3) is 0 Å². The maximum Gasteiger partial charge on any atom is 0.203 e. The quantitative estimate of drug-likeness (QED) is 0.644. The van der Waals surface area contributed by atoms with Gasteiger partial charge in [0.05, 0.1) is 42.7 Å². The molecule has 0 heterocycles. The third-order valence-corrected chi connectivity index (χ3v) is 8.24. The molecule has 148 valence electrons. The van der Waals surface area contributed by atoms with Gasteiger partial charge >= 0.3 is 0 Å². The molecule has 0 aliphatic rings. The molecule has 0 aromatic heterocycles. The SMILES string of the molecule is COc1cc([Si](C)(C)c2cc(OC)c(OC)c(OC)c2)cc(OC)c1OC. The summed E-state index contributed by atoms with van der Waals surface area (Å²) < 4.78 is 33.0. The van der Waals surface area contributed by atoms with Crippen molar-refractivity contribution in [1.82, 2.24) is 0 Å². The number of methoxy groups -OCH3 is 6. The van der Waals surface area contributed by atoms with Crippen molar-refractivity contribution in [3.63, 3.8) is 0 Å². The summed E-state index contributed by atoms with van der Waals surface area (Å²) in [4.78, 5) is 0. The molecule has 0 fully saturated rings. The van der Waals surface area contributed by atoms with E-state index in [-0.39, 0.29) is 0 Å². The van der Waals surface area contributed by atoms with Crippen LogP contribution in [-0.4, -0.2) is 50.7 Å². The molecular formula is C20H28O6Si. The summed E-state index contributed by atoms with van der Waals surface area (Å²) in [5, 5.41) is 2.26. The lowest BCUT2D eigenvalue weighted by atomic mass is 10.3. The average Bonchev–Trinajstić information content (AvgIpc) is 2.70. The maximum absolute atomic E-state index is 5.52. The first-order valence-electron chi connectivity index (χ1n) is 8.48. The summed E-state index contributed by atoms with van der Waals surface area (Å²) in [7, 11) is 7.53. The lowest BCUT2D eigenvalue weighted by molar-refractivity contribution is 0.324. The molecule has 0 amide bonds. The molecule has 2 aromatic carbocycles. The van der Waals surface area contributed by atoms with Crippen LogP contribution in [0.2, 0.25) is 13.1 Å². The van der Waals surface area contributed by atoms with Crippen LogP contribution >= 0.6 is 0 Å². The Bertz CT molecular complexity index is 688. The van der Waals surface area contributed by atoms with Gasteiger partial charge in [0.2, 0.25) is 11.5 Å². The molecule has 27 heavy (non-hydrogen) atoms. The minimum absolute atomic E-state index is 0.582. The summed E-state index contributed by atoms with van der Waals surface area (Å²) >= 11 is 0. The zero-order valence-corrected chi connectivity index (χ0v) is 18.3. The van der Waals surface area contributed by atoms with Crippen LogP contribution < -0.4 is 38.8 Å². The standard InChI is InChI=1S/C20H28O6Si/c1-21-15-9-13(10-16(22-2)19(15)25-5)27(7,8)14-11-17(23-3)20(26-6)18(12-14)24-4/h9-12H,1-8H3. The van der Waals surface area contributed by atoms with E-state index in [1.807, 2.05) is 24.3 Å². The molecule has 0 spiro atoms. The fourth-order valence-electron chi connectivity index (χ4n) is 3.05. The third-order valence-electron chi connectivity index (χ3n) is 4.77. The highest BCUT2D eigenvalue weighted by molar-refractivity contribution is 7.00. The first-order valence-corrected chi connectivity index (χ1v) is 11.5. The van der Waals surface area contributed by atoms with Gasteiger partial charge in [0.1, 0.15) is 8.07 Å². The molecule has 0 saturated heterocycles. The Morgan fingerprint density at radius 2 is 0.741 bits per heavy atom. The predicted octanol–water partition coefficient (Wildman–Crippen LogP) is 2.56. The molecule has 0 unspecified atom stereocenters. The minimum Gasteiger partial charge on any atom is -0.493 e. The summed E-state index contributed by atoms with van der Waals surface area (Å²) in [6, 6.07) is 8.04. The zero-order valence-electron chi connectivity index (χ0n) is 17.3. The van der Waals surface area contributed by atoms with Gasteiger partial charge in [-0.15, -0.1) is 0 Å². The molecule has 0 aliphatic heterocycles. The van der Waals surface area contributed by atoms with Crippen molar-refractivity contribution >= 4 is 18.4 Å². The van der Waals surface area contributed by atoms with E-state index in [1.165, 1.54) is 0 Å². The van der Waals surface area contributed by atoms with Gasteiger partial charge in [-0.3, -0.25) is 0 Å². The third kappa shape index (κ3) is 3.78. The van der Waals surface area contributed by atoms with E-state index in [0.717, 1.165) is 10.4 Å². The van der Waals surface area contributed by atoms with Crippen LogP contribution in [0.3, 0.4) is 0 Å². The highest BCUT2D eigenvalue weighted by Gasteiger charge is 2.31. The van der Waals surface area contributed by atoms with Gasteiger partial charge in [-0.2, -0.15) is 0 Å². The van der Waals surface area contributed by atoms with Crippen LogP contribution in [-0.2, 0) is 0 Å². The number of rotatable bonds is 8. The summed E-state index contributed by atoms with van der Waals surface area (Å²) in [6.07, 6.45) is 0. The lowest BCUT2D eigenvalue weighted by Gasteiger charge is -2.27. The number of benzene rings is 2. The van der Waals surface area contributed by atoms with Crippen molar-refractivity contribution in [2.24, 2.45) is 0 Å². The van der Waals surface area contributed by atoms with Crippen molar-refractivity contribution in [2.75, 3.05) is 42.7 Å². The normalized spacial score (nSPS) is 11.0. The van der Waals surface area contributed by atoms with E-state index in [4.69, 9.17) is 28.4 Å². The second kappa shape index (κ2) is 8.43. The Hall–Kier alpha value is -2.54. The van der Waals surface area contributed by atoms with Crippen LogP contribution in [0.5, 0.6) is 34.5 Å². The molecule has 0 N–H and O–H groups in total. The molecule has 6 nitrogen and oxygen atoms in total. The maximum atomic E-state index is 5.52. The second-order valence-electron chi connectivity index (χ2n) is 6.45. The largest absolute Gasteiger partial charge is 0.493 e. The van der Waals surface area contributed by atoms with Gasteiger partial charge in [-0.25, -0.2) is 0 Å². The van der Waals surface area contributed by atoms with E-state index in [2.05, 4.69) is 13.1 Å². The van der Waals surface area contributed by atoms with E-state index in [0.29, 0.717) is 34.5 Å². The number of ether oxygens (including phenoxy) is 6. The molecule has 0 atom stereocenters. The van der Waals surface area contributed by atoms with Gasteiger partial charge in [0, 0.05) is 0 Å². The topological polar surface area (TPSA) is 55.4 Å². The van der Waals surface area contributed by atoms with Crippen molar-refractivity contribution in [3.8, 4) is 34.5 Å². The molecule has 0 aliphatic carbocycles. The van der Waals surface area contributed by atoms with E-state index in [9.17, 15) is 0 Å². The predicted molar refractivity (Wildman–Crippen MR) is 109 cm³/mol. The smallest absolute Gasteiger partial charge is 0.203 e. The molecule has 2 aromatic rings. The second-order valence-corrected chi connectivity index (χ2v) is 10.9. The molecule has 0 bridgehead atoms. The number of hydrogen-bond donors (Lipinski definition) is 0. The summed E-state index contributed by atoms with van der Waals surface area (Å²) in [5.41, 5.74) is 0. The average molecular weight is 393 g/mol. The van der Waals surface area contributed by atoms with Gasteiger partial charge in [0.15, 0.2) is 23.0 Å². The number of hydrogen-bond acceptors (Lipinski definition) is 6. The van der Waals surface area contributed by atoms with Gasteiger partial charge in [-0.05, 0) is 34.6 Å². The highest BCUT2D eigenvalue weighted by Crippen LogP contribution is 2.38. The van der Waals surface area contributed by atoms with E-state index >= 15 is 0 Å². The zero-order chi connectivity index (χ0) is 20.2. The van der Waals surface area contributed by atoms with E-state index in [1.54, 1.807) is 42.7 Å². The lowest BCUT2D eigenvalue weighted by Crippen LogP contribution is -2.53. The van der Waals surface area contributed by atoms with Crippen molar-refractivity contribution < 1.29 is 28.4 Å². The molecule has 0 saturated carbocycles. The Labute approximate surface area is 161 Å². The van der Waals surface area contributed by atoms with E-state index < -0.39 is 8.07 Å². The fraction of sp³-hybridized carbons (Fsp3) is 0.400. The van der Waals surface area contributed by atoms with Crippen LogP contribution in [0.1, 0.15) is 0 Å². The summed E-state index contributed by atoms with van der Waals surface area (Å²) in [5.74, 6) is 3.72. The monoisotopic (exact) mass is 392 g/mol. The highest BCUT2D eigenvalue weighted by atomic mass is 28.3. The Balaban J connectivity index is 2.68. The first-order chi connectivity index (χ1) is 12.9. The Kier molecular flexibility index (Phi) is 6.48. The Morgan fingerprint density at radius 3 is 0.926 bits per heavy atom. The van der Waals surface area contributed by atoms with Gasteiger partial charge in [0.25, 0.3) is 0 Å².